The molecular weight excluding hydrogens is 368 g/mol. The molecule has 0 spiro atoms. The van der Waals surface area contributed by atoms with E-state index in [1.54, 1.807) is 0 Å². The van der Waals surface area contributed by atoms with Crippen molar-refractivity contribution in [2.75, 3.05) is 0 Å². The molecule has 144 valence electrons. The van der Waals surface area contributed by atoms with E-state index >= 15 is 0 Å². The highest BCUT2D eigenvalue weighted by atomic mass is 32.2. The SMILES string of the molecule is O=C(CCC(F)(F)C(F)(F)S(=O)(=O)O)C12CC3CC(CC(O)(C3)C1)C2. The monoisotopic (exact) mass is 388 g/mol. The topological polar surface area (TPSA) is 91.7 Å². The molecule has 0 aromatic carbocycles. The molecule has 0 aromatic heterocycles. The van der Waals surface area contributed by atoms with Gasteiger partial charge in [0.1, 0.15) is 5.78 Å². The zero-order valence-corrected chi connectivity index (χ0v) is 14.2. The highest BCUT2D eigenvalue weighted by molar-refractivity contribution is 7.87. The summed E-state index contributed by atoms with van der Waals surface area (Å²) >= 11 is 0. The fourth-order valence-corrected chi connectivity index (χ4v) is 5.89. The maximum atomic E-state index is 13.6. The maximum absolute atomic E-state index is 13.6. The average molecular weight is 388 g/mol. The third kappa shape index (κ3) is 2.99. The molecule has 2 atom stereocenters. The van der Waals surface area contributed by atoms with Crippen LogP contribution in [0.25, 0.3) is 0 Å². The van der Waals surface area contributed by atoms with Crippen LogP contribution in [0.15, 0.2) is 0 Å². The van der Waals surface area contributed by atoms with Crippen molar-refractivity contribution in [3.8, 4) is 0 Å². The predicted octanol–water partition coefficient (Wildman–Crippen LogP) is 2.78. The Bertz CT molecular complexity index is 676. The van der Waals surface area contributed by atoms with Crippen LogP contribution in [0.1, 0.15) is 51.4 Å². The van der Waals surface area contributed by atoms with Crippen molar-refractivity contribution in [1.82, 2.24) is 0 Å². The van der Waals surface area contributed by atoms with Gasteiger partial charge in [-0.2, -0.15) is 26.0 Å². The number of alkyl halides is 4. The molecule has 0 aliphatic heterocycles. The second kappa shape index (κ2) is 5.39. The van der Waals surface area contributed by atoms with Crippen LogP contribution in [0, 0.1) is 17.3 Å². The Balaban J connectivity index is 1.73. The van der Waals surface area contributed by atoms with E-state index in [4.69, 9.17) is 4.55 Å². The molecule has 4 aliphatic carbocycles. The first-order valence-corrected chi connectivity index (χ1v) is 9.62. The Morgan fingerprint density at radius 2 is 1.60 bits per heavy atom. The fraction of sp³-hybridized carbons (Fsp3) is 0.933. The number of ketones is 1. The van der Waals surface area contributed by atoms with Gasteiger partial charge in [-0.25, -0.2) is 0 Å². The van der Waals surface area contributed by atoms with Gasteiger partial charge in [0, 0.05) is 18.3 Å². The van der Waals surface area contributed by atoms with Gasteiger partial charge in [-0.1, -0.05) is 0 Å². The van der Waals surface area contributed by atoms with Crippen molar-refractivity contribution in [2.45, 2.75) is 68.1 Å². The number of carbonyl (C=O) groups excluding carboxylic acids is 1. The minimum absolute atomic E-state index is 0.120. The van der Waals surface area contributed by atoms with Crippen molar-refractivity contribution in [1.29, 1.82) is 0 Å². The van der Waals surface area contributed by atoms with Crippen molar-refractivity contribution in [3.05, 3.63) is 0 Å². The van der Waals surface area contributed by atoms with Crippen molar-refractivity contribution in [3.63, 3.8) is 0 Å². The minimum atomic E-state index is -6.30. The Labute approximate surface area is 142 Å². The van der Waals surface area contributed by atoms with Gasteiger partial charge in [0.15, 0.2) is 0 Å². The molecule has 4 bridgehead atoms. The molecule has 0 amide bonds. The molecule has 2 N–H and O–H groups in total. The first kappa shape index (κ1) is 19.0. The van der Waals surface area contributed by atoms with Crippen molar-refractivity contribution < 1.29 is 40.4 Å². The van der Waals surface area contributed by atoms with Crippen molar-refractivity contribution in [2.24, 2.45) is 17.3 Å². The summed E-state index contributed by atoms with van der Waals surface area (Å²) in [6.45, 7) is 0. The second-order valence-electron chi connectivity index (χ2n) is 8.09. The zero-order chi connectivity index (χ0) is 18.9. The smallest absolute Gasteiger partial charge is 0.390 e. The highest BCUT2D eigenvalue weighted by Gasteiger charge is 2.66. The lowest BCUT2D eigenvalue weighted by Crippen LogP contribution is -2.58. The van der Waals surface area contributed by atoms with Crippen LogP contribution in [0.5, 0.6) is 0 Å². The molecule has 0 radical (unpaired) electrons. The number of rotatable bonds is 6. The van der Waals surface area contributed by atoms with Gasteiger partial charge >= 0.3 is 21.3 Å². The quantitative estimate of drug-likeness (QED) is 0.539. The maximum Gasteiger partial charge on any atom is 0.431 e. The van der Waals surface area contributed by atoms with Gasteiger partial charge in [0.05, 0.1) is 5.60 Å². The Hall–Kier alpha value is -0.740. The fourth-order valence-electron chi connectivity index (χ4n) is 5.41. The number of aliphatic hydroxyl groups is 1. The van der Waals surface area contributed by atoms with Gasteiger partial charge in [-0.15, -0.1) is 0 Å². The summed E-state index contributed by atoms with van der Waals surface area (Å²) in [5.41, 5.74) is -1.98. The van der Waals surface area contributed by atoms with E-state index in [2.05, 4.69) is 0 Å². The molecule has 4 fully saturated rings. The molecule has 4 rings (SSSR count). The third-order valence-corrected chi connectivity index (χ3v) is 6.98. The summed E-state index contributed by atoms with van der Waals surface area (Å²) in [4.78, 5) is 12.6. The first-order valence-electron chi connectivity index (χ1n) is 8.18. The lowest BCUT2D eigenvalue weighted by Gasteiger charge is -2.59. The van der Waals surface area contributed by atoms with Gasteiger partial charge in [0.25, 0.3) is 0 Å². The van der Waals surface area contributed by atoms with E-state index in [-0.39, 0.29) is 18.3 Å². The molecule has 0 saturated heterocycles. The number of Topliss-reactive ketones (excluding diaryl/α,β-unsaturated/α-hetero) is 1. The Morgan fingerprint density at radius 1 is 1.08 bits per heavy atom. The standard InChI is InChI=1S/C15H20F4O5S/c16-14(17,15(18,19)25(22,23)24)2-1-11(20)12-4-9-3-10(5-12)7-13(21,6-9)8-12/h9-10,21H,1-8H2,(H,22,23,24). The van der Waals surface area contributed by atoms with E-state index in [1.165, 1.54) is 0 Å². The molecule has 10 heteroatoms. The molecule has 2 unspecified atom stereocenters. The summed E-state index contributed by atoms with van der Waals surface area (Å²) in [7, 11) is -6.30. The Morgan fingerprint density at radius 3 is 2.04 bits per heavy atom. The summed E-state index contributed by atoms with van der Waals surface area (Å²) in [5.74, 6) is -5.45. The molecule has 4 aliphatic rings. The van der Waals surface area contributed by atoms with E-state index in [1.807, 2.05) is 0 Å². The van der Waals surface area contributed by atoms with Crippen LogP contribution in [-0.2, 0) is 14.9 Å². The summed E-state index contributed by atoms with van der Waals surface area (Å²) < 4.78 is 83.1. The molecule has 0 heterocycles. The predicted molar refractivity (Wildman–Crippen MR) is 77.7 cm³/mol. The zero-order valence-electron chi connectivity index (χ0n) is 13.4. The lowest BCUT2D eigenvalue weighted by molar-refractivity contribution is -0.183. The van der Waals surface area contributed by atoms with Gasteiger partial charge in [0.2, 0.25) is 0 Å². The summed E-state index contributed by atoms with van der Waals surface area (Å²) in [6, 6.07) is 0. The van der Waals surface area contributed by atoms with E-state index in [0.29, 0.717) is 25.7 Å². The molecule has 4 saturated carbocycles. The van der Waals surface area contributed by atoms with E-state index in [0.717, 1.165) is 6.42 Å². The highest BCUT2D eigenvalue weighted by Crippen LogP contribution is 2.62. The summed E-state index contributed by atoms with van der Waals surface area (Å²) in [6.07, 6.45) is 0.447. The van der Waals surface area contributed by atoms with Crippen LogP contribution in [0.2, 0.25) is 0 Å². The lowest BCUT2D eigenvalue weighted by atomic mass is 9.46. The number of carbonyl (C=O) groups is 1. The third-order valence-electron chi connectivity index (χ3n) is 6.04. The second-order valence-corrected chi connectivity index (χ2v) is 9.55. The minimum Gasteiger partial charge on any atom is -0.390 e. The van der Waals surface area contributed by atoms with Crippen LogP contribution in [0.3, 0.4) is 0 Å². The average Bonchev–Trinajstić information content (AvgIpc) is 2.40. The van der Waals surface area contributed by atoms with E-state index < -0.39 is 50.9 Å². The van der Waals surface area contributed by atoms with Crippen LogP contribution >= 0.6 is 0 Å². The molecule has 0 aromatic rings. The van der Waals surface area contributed by atoms with Crippen LogP contribution in [0.4, 0.5) is 17.6 Å². The first-order chi connectivity index (χ1) is 11.2. The molecule has 5 nitrogen and oxygen atoms in total. The van der Waals surface area contributed by atoms with Crippen LogP contribution in [-0.4, -0.2) is 40.6 Å². The van der Waals surface area contributed by atoms with Gasteiger partial charge in [-0.3, -0.25) is 9.35 Å². The number of hydrogen-bond donors (Lipinski definition) is 2. The number of hydrogen-bond acceptors (Lipinski definition) is 4. The Kier molecular flexibility index (Phi) is 4.10. The van der Waals surface area contributed by atoms with Gasteiger partial charge in [-0.05, 0) is 50.4 Å². The largest absolute Gasteiger partial charge is 0.431 e. The van der Waals surface area contributed by atoms with Crippen LogP contribution < -0.4 is 0 Å². The molecule has 25 heavy (non-hydrogen) atoms. The number of halogens is 4. The summed E-state index contributed by atoms with van der Waals surface area (Å²) in [5, 5.41) is 4.90. The van der Waals surface area contributed by atoms with Crippen molar-refractivity contribution >= 4 is 15.9 Å². The normalized spacial score (nSPS) is 38.2. The molecular formula is C15H20F4O5S. The van der Waals surface area contributed by atoms with Gasteiger partial charge < -0.3 is 5.11 Å². The van der Waals surface area contributed by atoms with E-state index in [9.17, 15) is 35.9 Å².